The van der Waals surface area contributed by atoms with Crippen LogP contribution in [0, 0.1) is 17.2 Å². The number of hydrogen-bond acceptors (Lipinski definition) is 5. The van der Waals surface area contributed by atoms with Crippen LogP contribution in [0.1, 0.15) is 42.6 Å². The molecular formula is C26H28N4O3. The Labute approximate surface area is 193 Å². The average Bonchev–Trinajstić information content (AvgIpc) is 3.04. The Balaban J connectivity index is 1.43. The van der Waals surface area contributed by atoms with E-state index in [-0.39, 0.29) is 17.9 Å². The van der Waals surface area contributed by atoms with Crippen molar-refractivity contribution in [3.63, 3.8) is 0 Å². The number of nitrogens with one attached hydrogen (secondary N) is 2. The highest BCUT2D eigenvalue weighted by Gasteiger charge is 2.33. The van der Waals surface area contributed by atoms with E-state index in [4.69, 9.17) is 0 Å². The monoisotopic (exact) mass is 444 g/mol. The van der Waals surface area contributed by atoms with Gasteiger partial charge in [0.25, 0.3) is 11.7 Å². The Bertz CT molecular complexity index is 1140. The molecule has 4 rings (SSSR count). The van der Waals surface area contributed by atoms with Crippen molar-refractivity contribution in [2.45, 2.75) is 51.2 Å². The number of carbonyl (C=O) groups is 3. The first-order chi connectivity index (χ1) is 15.8. The molecule has 0 aliphatic carbocycles. The molecule has 2 aliphatic heterocycles. The summed E-state index contributed by atoms with van der Waals surface area (Å²) in [7, 11) is 1.60. The van der Waals surface area contributed by atoms with Gasteiger partial charge < -0.3 is 15.5 Å². The van der Waals surface area contributed by atoms with E-state index in [1.54, 1.807) is 13.1 Å². The second kappa shape index (κ2) is 9.16. The van der Waals surface area contributed by atoms with Gasteiger partial charge in [0.1, 0.15) is 6.04 Å². The maximum absolute atomic E-state index is 12.7. The lowest BCUT2D eigenvalue weighted by atomic mass is 9.88. The minimum atomic E-state index is -0.611. The van der Waals surface area contributed by atoms with Crippen LogP contribution in [0.15, 0.2) is 42.5 Å². The predicted molar refractivity (Wildman–Crippen MR) is 126 cm³/mol. The summed E-state index contributed by atoms with van der Waals surface area (Å²) in [6.07, 6.45) is 2.45. The summed E-state index contributed by atoms with van der Waals surface area (Å²) in [6.45, 7) is 4.13. The standard InChI is InChI=1S/C26H28N4O3/c1-15-4-5-16(2)28-23(15)25(32)29-20(14-27)12-17-6-8-18(9-7-17)19-10-11-21-22(13-19)30(3)26(33)24(21)31/h6-11,13,15-16,20,23,28H,4-5,12H2,1-3H3,(H,29,32)/t15-,16+,20+,23+/m1/s1. The summed E-state index contributed by atoms with van der Waals surface area (Å²) >= 11 is 0. The molecule has 0 unspecified atom stereocenters. The van der Waals surface area contributed by atoms with Crippen molar-refractivity contribution in [3.05, 3.63) is 53.6 Å². The molecule has 2 amide bonds. The first-order valence-electron chi connectivity index (χ1n) is 11.3. The Kier molecular flexibility index (Phi) is 6.30. The van der Waals surface area contributed by atoms with E-state index in [1.165, 1.54) is 4.90 Å². The van der Waals surface area contributed by atoms with Gasteiger partial charge >= 0.3 is 0 Å². The van der Waals surface area contributed by atoms with Crippen molar-refractivity contribution in [3.8, 4) is 17.2 Å². The summed E-state index contributed by atoms with van der Waals surface area (Å²) in [5, 5.41) is 15.8. The van der Waals surface area contributed by atoms with Crippen molar-refractivity contribution in [1.82, 2.24) is 10.6 Å². The van der Waals surface area contributed by atoms with Gasteiger partial charge in [-0.3, -0.25) is 14.4 Å². The second-order valence-corrected chi connectivity index (χ2v) is 9.12. The smallest absolute Gasteiger partial charge is 0.299 e. The molecule has 2 aromatic rings. The van der Waals surface area contributed by atoms with E-state index in [2.05, 4.69) is 30.6 Å². The number of carbonyl (C=O) groups excluding carboxylic acids is 3. The Morgan fingerprint density at radius 1 is 1.15 bits per heavy atom. The first kappa shape index (κ1) is 22.7. The molecular weight excluding hydrogens is 416 g/mol. The fourth-order valence-electron chi connectivity index (χ4n) is 4.58. The van der Waals surface area contributed by atoms with Crippen LogP contribution >= 0.6 is 0 Å². The minimum absolute atomic E-state index is 0.122. The van der Waals surface area contributed by atoms with Gasteiger partial charge in [0.05, 0.1) is 23.4 Å². The summed E-state index contributed by atoms with van der Waals surface area (Å²) in [6, 6.07) is 14.7. The highest BCUT2D eigenvalue weighted by atomic mass is 16.2. The van der Waals surface area contributed by atoms with Crippen LogP contribution < -0.4 is 15.5 Å². The maximum Gasteiger partial charge on any atom is 0.299 e. The number of ketones is 1. The van der Waals surface area contributed by atoms with Crippen LogP contribution in [-0.4, -0.2) is 42.8 Å². The zero-order valence-electron chi connectivity index (χ0n) is 19.1. The molecule has 0 bridgehead atoms. The molecule has 170 valence electrons. The number of nitriles is 1. The normalized spacial score (nSPS) is 23.1. The van der Waals surface area contributed by atoms with Crippen molar-refractivity contribution >= 4 is 23.3 Å². The van der Waals surface area contributed by atoms with Gasteiger partial charge in [-0.05, 0) is 54.5 Å². The SMILES string of the molecule is C[C@@H]1CC[C@H](C)N[C@@H]1C(=O)N[C@H](C#N)Cc1ccc(-c2ccc3c(c2)N(C)C(=O)C3=O)cc1. The lowest BCUT2D eigenvalue weighted by Crippen LogP contribution is -2.55. The molecule has 1 saturated heterocycles. The molecule has 7 heteroatoms. The summed E-state index contributed by atoms with van der Waals surface area (Å²) in [4.78, 5) is 38.0. The molecule has 2 heterocycles. The number of fused-ring (bicyclic) bond motifs is 1. The molecule has 0 aromatic heterocycles. The van der Waals surface area contributed by atoms with E-state index in [0.717, 1.165) is 29.5 Å². The number of benzene rings is 2. The van der Waals surface area contributed by atoms with Gasteiger partial charge in [0, 0.05) is 19.5 Å². The Morgan fingerprint density at radius 2 is 1.85 bits per heavy atom. The zero-order valence-corrected chi connectivity index (χ0v) is 19.1. The number of amides is 2. The Hall–Kier alpha value is -3.50. The zero-order chi connectivity index (χ0) is 23.7. The van der Waals surface area contributed by atoms with E-state index in [0.29, 0.717) is 23.7 Å². The summed E-state index contributed by atoms with van der Waals surface area (Å²) < 4.78 is 0. The molecule has 2 aromatic carbocycles. The van der Waals surface area contributed by atoms with Crippen LogP contribution in [0.25, 0.3) is 11.1 Å². The molecule has 0 radical (unpaired) electrons. The molecule has 0 saturated carbocycles. The number of rotatable bonds is 5. The van der Waals surface area contributed by atoms with Gasteiger partial charge in [0.15, 0.2) is 0 Å². The fraction of sp³-hybridized carbons (Fsp3) is 0.385. The van der Waals surface area contributed by atoms with Crippen molar-refractivity contribution < 1.29 is 14.4 Å². The van der Waals surface area contributed by atoms with E-state index >= 15 is 0 Å². The van der Waals surface area contributed by atoms with E-state index in [1.807, 2.05) is 36.4 Å². The molecule has 4 atom stereocenters. The summed E-state index contributed by atoms with van der Waals surface area (Å²) in [5.41, 5.74) is 3.80. The van der Waals surface area contributed by atoms with Crippen molar-refractivity contribution in [2.75, 3.05) is 11.9 Å². The van der Waals surface area contributed by atoms with Gasteiger partial charge in [-0.15, -0.1) is 0 Å². The maximum atomic E-state index is 12.7. The summed E-state index contributed by atoms with van der Waals surface area (Å²) in [5.74, 6) is -0.888. The number of hydrogen-bond donors (Lipinski definition) is 2. The average molecular weight is 445 g/mol. The van der Waals surface area contributed by atoms with Crippen molar-refractivity contribution in [2.24, 2.45) is 5.92 Å². The third kappa shape index (κ3) is 4.53. The third-order valence-corrected chi connectivity index (χ3v) is 6.67. The van der Waals surface area contributed by atoms with Gasteiger partial charge in [0.2, 0.25) is 5.91 Å². The van der Waals surface area contributed by atoms with Crippen LogP contribution in [0.2, 0.25) is 0 Å². The number of piperidine rings is 1. The lowest BCUT2D eigenvalue weighted by molar-refractivity contribution is -0.125. The lowest BCUT2D eigenvalue weighted by Gasteiger charge is -2.33. The molecule has 7 nitrogen and oxygen atoms in total. The second-order valence-electron chi connectivity index (χ2n) is 9.12. The third-order valence-electron chi connectivity index (χ3n) is 6.67. The molecule has 0 spiro atoms. The highest BCUT2D eigenvalue weighted by Crippen LogP contribution is 2.32. The van der Waals surface area contributed by atoms with Gasteiger partial charge in [-0.2, -0.15) is 5.26 Å². The highest BCUT2D eigenvalue weighted by molar-refractivity contribution is 6.52. The molecule has 2 aliphatic rings. The van der Waals surface area contributed by atoms with Gasteiger partial charge in [-0.1, -0.05) is 37.3 Å². The van der Waals surface area contributed by atoms with Crippen molar-refractivity contribution in [1.29, 1.82) is 5.26 Å². The predicted octanol–water partition coefficient (Wildman–Crippen LogP) is 2.84. The number of nitrogens with zero attached hydrogens (tertiary/aromatic N) is 2. The molecule has 2 N–H and O–H groups in total. The number of likely N-dealkylation sites (N-methyl/N-ethyl adjacent to an activating group) is 1. The molecule has 1 fully saturated rings. The molecule has 33 heavy (non-hydrogen) atoms. The van der Waals surface area contributed by atoms with Gasteiger partial charge in [-0.25, -0.2) is 0 Å². The van der Waals surface area contributed by atoms with E-state index in [9.17, 15) is 19.6 Å². The fourth-order valence-corrected chi connectivity index (χ4v) is 4.58. The van der Waals surface area contributed by atoms with Crippen LogP contribution in [0.5, 0.6) is 0 Å². The number of Topliss-reactive ketones (excluding diaryl/α,β-unsaturated/α-hetero) is 1. The largest absolute Gasteiger partial charge is 0.339 e. The van der Waals surface area contributed by atoms with Crippen LogP contribution in [0.4, 0.5) is 5.69 Å². The van der Waals surface area contributed by atoms with E-state index < -0.39 is 17.7 Å². The van der Waals surface area contributed by atoms with Crippen LogP contribution in [0.3, 0.4) is 0 Å². The topological polar surface area (TPSA) is 102 Å². The minimum Gasteiger partial charge on any atom is -0.339 e. The quantitative estimate of drug-likeness (QED) is 0.691. The first-order valence-corrected chi connectivity index (χ1v) is 11.3. The Morgan fingerprint density at radius 3 is 2.55 bits per heavy atom. The number of anilines is 1. The van der Waals surface area contributed by atoms with Crippen LogP contribution in [-0.2, 0) is 16.0 Å².